The molecule has 0 saturated heterocycles. The van der Waals surface area contributed by atoms with E-state index in [0.717, 1.165) is 64.3 Å². The van der Waals surface area contributed by atoms with E-state index < -0.39 is 5.91 Å². The summed E-state index contributed by atoms with van der Waals surface area (Å²) in [7, 11) is 0. The maximum atomic E-state index is 12.8. The number of hydrogen-bond donors (Lipinski definition) is 1. The van der Waals surface area contributed by atoms with E-state index in [1.54, 1.807) is 17.4 Å². The first-order valence-corrected chi connectivity index (χ1v) is 11.9. The molecular weight excluding hydrogens is 428 g/mol. The largest absolute Gasteiger partial charge is 0.321 e. The van der Waals surface area contributed by atoms with Gasteiger partial charge in [-0.1, -0.05) is 17.7 Å². The van der Waals surface area contributed by atoms with Gasteiger partial charge in [0.1, 0.15) is 22.7 Å². The fraction of sp³-hybridized carbons (Fsp3) is 0.296. The molecule has 0 aliphatic heterocycles. The van der Waals surface area contributed by atoms with Crippen molar-refractivity contribution in [1.82, 2.24) is 4.57 Å². The Morgan fingerprint density at radius 3 is 2.58 bits per heavy atom. The van der Waals surface area contributed by atoms with Crippen molar-refractivity contribution in [3.63, 3.8) is 0 Å². The number of nitriles is 2. The number of carbonyl (C=O) groups excluding carboxylic acids is 1. The first-order valence-electron chi connectivity index (χ1n) is 11.1. The van der Waals surface area contributed by atoms with Crippen LogP contribution in [0.4, 0.5) is 5.69 Å². The Hall–Kier alpha value is -3.61. The molecule has 5 nitrogen and oxygen atoms in total. The van der Waals surface area contributed by atoms with Gasteiger partial charge >= 0.3 is 0 Å². The number of fused-ring (bicyclic) bond motifs is 1. The van der Waals surface area contributed by atoms with Crippen LogP contribution in [0, 0.1) is 50.4 Å². The van der Waals surface area contributed by atoms with Gasteiger partial charge in [0, 0.05) is 22.0 Å². The first-order chi connectivity index (χ1) is 15.8. The summed E-state index contributed by atoms with van der Waals surface area (Å²) in [6.45, 7) is 7.89. The molecule has 2 heterocycles. The first kappa shape index (κ1) is 22.6. The summed E-state index contributed by atoms with van der Waals surface area (Å²) in [6, 6.07) is 12.2. The van der Waals surface area contributed by atoms with Crippen molar-refractivity contribution < 1.29 is 4.79 Å². The highest BCUT2D eigenvalue weighted by atomic mass is 32.1. The van der Waals surface area contributed by atoms with Gasteiger partial charge in [0.2, 0.25) is 0 Å². The molecule has 0 bridgehead atoms. The predicted molar refractivity (Wildman–Crippen MR) is 133 cm³/mol. The van der Waals surface area contributed by atoms with E-state index in [-0.39, 0.29) is 5.57 Å². The zero-order chi connectivity index (χ0) is 23.7. The maximum Gasteiger partial charge on any atom is 0.266 e. The molecule has 3 aromatic rings. The third kappa shape index (κ3) is 4.23. The topological polar surface area (TPSA) is 81.6 Å². The molecule has 0 saturated carbocycles. The van der Waals surface area contributed by atoms with E-state index in [0.29, 0.717) is 5.69 Å². The number of aromatic nitrogens is 1. The summed E-state index contributed by atoms with van der Waals surface area (Å²) >= 11 is 1.69. The van der Waals surface area contributed by atoms with Gasteiger partial charge in [-0.2, -0.15) is 10.5 Å². The monoisotopic (exact) mass is 454 g/mol. The van der Waals surface area contributed by atoms with Crippen LogP contribution in [0.1, 0.15) is 56.9 Å². The molecule has 1 aromatic carbocycles. The van der Waals surface area contributed by atoms with Gasteiger partial charge in [-0.05, 0) is 88.3 Å². The average Bonchev–Trinajstić information content (AvgIpc) is 3.29. The van der Waals surface area contributed by atoms with Crippen LogP contribution in [0.2, 0.25) is 0 Å². The Morgan fingerprint density at radius 2 is 1.88 bits per heavy atom. The highest BCUT2D eigenvalue weighted by Crippen LogP contribution is 2.38. The lowest BCUT2D eigenvalue weighted by Gasteiger charge is -2.10. The molecule has 0 fully saturated rings. The summed E-state index contributed by atoms with van der Waals surface area (Å²) in [4.78, 5) is 14.1. The van der Waals surface area contributed by atoms with Crippen LogP contribution in [-0.4, -0.2) is 10.5 Å². The number of thiophene rings is 1. The minimum absolute atomic E-state index is 0.0428. The van der Waals surface area contributed by atoms with E-state index >= 15 is 0 Å². The number of anilines is 1. The maximum absolute atomic E-state index is 12.8. The van der Waals surface area contributed by atoms with Crippen molar-refractivity contribution in [2.24, 2.45) is 0 Å². The quantitative estimate of drug-likeness (QED) is 0.384. The molecule has 1 N–H and O–H groups in total. The van der Waals surface area contributed by atoms with Gasteiger partial charge in [0.05, 0.1) is 5.56 Å². The van der Waals surface area contributed by atoms with Gasteiger partial charge in [0.15, 0.2) is 0 Å². The Bertz CT molecular complexity index is 1370. The fourth-order valence-corrected chi connectivity index (χ4v) is 5.97. The van der Waals surface area contributed by atoms with Gasteiger partial charge in [0.25, 0.3) is 5.91 Å². The van der Waals surface area contributed by atoms with Crippen molar-refractivity contribution in [3.05, 3.63) is 73.9 Å². The standard InChI is InChI=1S/C27H26N4OS/c1-16-9-10-24(17(2)11-16)30-26(32)21(14-28)13-20-12-18(3)31(19(20)4)27-23(15-29)22-7-5-6-8-25(22)33-27/h9-13H,5-8H2,1-4H3,(H,30,32)/b21-13-. The third-order valence-corrected chi connectivity index (χ3v) is 7.51. The predicted octanol–water partition coefficient (Wildman–Crippen LogP) is 6.07. The van der Waals surface area contributed by atoms with Crippen LogP contribution in [0.3, 0.4) is 0 Å². The number of hydrogen-bond acceptors (Lipinski definition) is 4. The van der Waals surface area contributed by atoms with Gasteiger partial charge in [-0.15, -0.1) is 11.3 Å². The molecule has 0 spiro atoms. The van der Waals surface area contributed by atoms with Gasteiger partial charge < -0.3 is 9.88 Å². The van der Waals surface area contributed by atoms with Gasteiger partial charge in [-0.25, -0.2) is 0 Å². The Labute approximate surface area is 198 Å². The number of nitrogens with zero attached hydrogens (tertiary/aromatic N) is 3. The van der Waals surface area contributed by atoms with E-state index in [1.165, 1.54) is 10.4 Å². The summed E-state index contributed by atoms with van der Waals surface area (Å²) in [5, 5.41) is 23.4. The second-order valence-electron chi connectivity index (χ2n) is 8.61. The van der Waals surface area contributed by atoms with Crippen LogP contribution >= 0.6 is 11.3 Å². The molecular formula is C27H26N4OS. The van der Waals surface area contributed by atoms with E-state index in [1.807, 2.05) is 58.0 Å². The molecule has 4 rings (SSSR count). The van der Waals surface area contributed by atoms with Crippen LogP contribution < -0.4 is 5.32 Å². The summed E-state index contributed by atoms with van der Waals surface area (Å²) in [6.07, 6.45) is 5.90. The van der Waals surface area contributed by atoms with Crippen molar-refractivity contribution in [3.8, 4) is 17.1 Å². The van der Waals surface area contributed by atoms with Crippen LogP contribution in [0.15, 0.2) is 29.8 Å². The minimum atomic E-state index is -0.432. The number of aryl methyl sites for hydroxylation is 4. The van der Waals surface area contributed by atoms with Crippen molar-refractivity contribution in [2.75, 3.05) is 5.32 Å². The van der Waals surface area contributed by atoms with E-state index in [2.05, 4.69) is 16.0 Å². The lowest BCUT2D eigenvalue weighted by Crippen LogP contribution is -2.14. The molecule has 2 aromatic heterocycles. The number of benzene rings is 1. The average molecular weight is 455 g/mol. The number of nitrogens with one attached hydrogen (secondary N) is 1. The molecule has 6 heteroatoms. The SMILES string of the molecule is Cc1ccc(NC(=O)/C(C#N)=C\c2cc(C)n(-c3sc4c(c3C#N)CCCC4)c2C)c(C)c1. The van der Waals surface area contributed by atoms with Crippen molar-refractivity contribution >= 4 is 29.0 Å². The summed E-state index contributed by atoms with van der Waals surface area (Å²) in [5.74, 6) is -0.432. The Balaban J connectivity index is 1.70. The molecule has 1 aliphatic carbocycles. The van der Waals surface area contributed by atoms with E-state index in [9.17, 15) is 15.3 Å². The zero-order valence-electron chi connectivity index (χ0n) is 19.4. The smallest absolute Gasteiger partial charge is 0.266 e. The molecule has 0 radical (unpaired) electrons. The molecule has 33 heavy (non-hydrogen) atoms. The zero-order valence-corrected chi connectivity index (χ0v) is 20.2. The second kappa shape index (κ2) is 9.10. The molecule has 1 aliphatic rings. The summed E-state index contributed by atoms with van der Waals surface area (Å²) < 4.78 is 2.09. The molecule has 0 unspecified atom stereocenters. The van der Waals surface area contributed by atoms with E-state index in [4.69, 9.17) is 0 Å². The van der Waals surface area contributed by atoms with Crippen LogP contribution in [0.5, 0.6) is 0 Å². The fourth-order valence-electron chi connectivity index (χ4n) is 4.52. The number of carbonyl (C=O) groups is 1. The molecule has 166 valence electrons. The lowest BCUT2D eigenvalue weighted by atomic mass is 9.96. The Kier molecular flexibility index (Phi) is 6.22. The van der Waals surface area contributed by atoms with Crippen LogP contribution in [-0.2, 0) is 17.6 Å². The molecule has 1 amide bonds. The number of amides is 1. The Morgan fingerprint density at radius 1 is 1.12 bits per heavy atom. The highest BCUT2D eigenvalue weighted by molar-refractivity contribution is 7.15. The van der Waals surface area contributed by atoms with Crippen LogP contribution in [0.25, 0.3) is 11.1 Å². The summed E-state index contributed by atoms with van der Waals surface area (Å²) in [5.41, 5.74) is 7.44. The van der Waals surface area contributed by atoms with Crippen molar-refractivity contribution in [1.29, 1.82) is 10.5 Å². The number of rotatable bonds is 4. The normalized spacial score (nSPS) is 13.2. The molecule has 0 atom stereocenters. The lowest BCUT2D eigenvalue weighted by molar-refractivity contribution is -0.112. The second-order valence-corrected chi connectivity index (χ2v) is 9.69. The minimum Gasteiger partial charge on any atom is -0.321 e. The van der Waals surface area contributed by atoms with Gasteiger partial charge in [-0.3, -0.25) is 4.79 Å². The van der Waals surface area contributed by atoms with Crippen molar-refractivity contribution in [2.45, 2.75) is 53.4 Å². The highest BCUT2D eigenvalue weighted by Gasteiger charge is 2.24. The third-order valence-electron chi connectivity index (χ3n) is 6.23.